The van der Waals surface area contributed by atoms with E-state index in [1.165, 1.54) is 0 Å². The first-order valence-corrected chi connectivity index (χ1v) is 4.74. The van der Waals surface area contributed by atoms with Gasteiger partial charge in [0.15, 0.2) is 0 Å². The molecule has 4 nitrogen and oxygen atoms in total. The number of carbonyl (C=O) groups excluding carboxylic acids is 1. The number of nitrogens with zero attached hydrogens (tertiary/aromatic N) is 1. The van der Waals surface area contributed by atoms with Gasteiger partial charge in [-0.3, -0.25) is 0 Å². The Morgan fingerprint density at radius 2 is 2.43 bits per heavy atom. The molecule has 0 atom stereocenters. The van der Waals surface area contributed by atoms with Gasteiger partial charge >= 0.3 is 6.03 Å². The largest absolute Gasteiger partial charge is 0.472 e. The van der Waals surface area contributed by atoms with Crippen LogP contribution in [-0.2, 0) is 6.54 Å². The second kappa shape index (κ2) is 5.32. The number of hydrogen-bond donors (Lipinski definition) is 1. The average Bonchev–Trinajstić information content (AvgIpc) is 2.66. The molecular weight excluding hydrogens is 180 g/mol. The molecule has 0 saturated carbocycles. The van der Waals surface area contributed by atoms with Gasteiger partial charge in [0.25, 0.3) is 0 Å². The lowest BCUT2D eigenvalue weighted by Crippen LogP contribution is -2.36. The summed E-state index contributed by atoms with van der Waals surface area (Å²) < 4.78 is 4.92. The topological polar surface area (TPSA) is 45.5 Å². The molecule has 0 fully saturated rings. The summed E-state index contributed by atoms with van der Waals surface area (Å²) in [7, 11) is 1.76. The third-order valence-corrected chi connectivity index (χ3v) is 1.87. The van der Waals surface area contributed by atoms with Crippen LogP contribution in [0.15, 0.2) is 23.0 Å². The van der Waals surface area contributed by atoms with Crippen LogP contribution < -0.4 is 5.32 Å². The van der Waals surface area contributed by atoms with Crippen molar-refractivity contribution in [2.45, 2.75) is 19.9 Å². The predicted octanol–water partition coefficient (Wildman–Crippen LogP) is 1.83. The summed E-state index contributed by atoms with van der Waals surface area (Å²) in [6, 6.07) is 1.80. The van der Waals surface area contributed by atoms with Crippen molar-refractivity contribution < 1.29 is 9.21 Å². The first-order valence-electron chi connectivity index (χ1n) is 4.74. The number of nitrogens with one attached hydrogen (secondary N) is 1. The fourth-order valence-electron chi connectivity index (χ4n) is 1.10. The van der Waals surface area contributed by atoms with E-state index >= 15 is 0 Å². The molecule has 0 spiro atoms. The van der Waals surface area contributed by atoms with Crippen LogP contribution in [0.1, 0.15) is 18.9 Å². The minimum absolute atomic E-state index is 0.0481. The Morgan fingerprint density at radius 3 is 3.00 bits per heavy atom. The molecule has 1 aromatic rings. The van der Waals surface area contributed by atoms with E-state index in [4.69, 9.17) is 4.42 Å². The van der Waals surface area contributed by atoms with Crippen LogP contribution in [0.3, 0.4) is 0 Å². The number of rotatable bonds is 4. The molecule has 0 saturated heterocycles. The van der Waals surface area contributed by atoms with Gasteiger partial charge in [0.05, 0.1) is 19.1 Å². The quantitative estimate of drug-likeness (QED) is 0.798. The first kappa shape index (κ1) is 10.6. The maximum atomic E-state index is 11.4. The van der Waals surface area contributed by atoms with Crippen molar-refractivity contribution in [3.05, 3.63) is 24.2 Å². The lowest BCUT2D eigenvalue weighted by Gasteiger charge is -2.16. The second-order valence-electron chi connectivity index (χ2n) is 3.22. The molecular formula is C10H16N2O2. The first-order chi connectivity index (χ1) is 6.74. The zero-order valence-electron chi connectivity index (χ0n) is 8.62. The Labute approximate surface area is 83.9 Å². The molecule has 1 rings (SSSR count). The molecule has 4 heteroatoms. The van der Waals surface area contributed by atoms with Crippen LogP contribution in [0.25, 0.3) is 0 Å². The lowest BCUT2D eigenvalue weighted by molar-refractivity contribution is 0.207. The summed E-state index contributed by atoms with van der Waals surface area (Å²) in [6.07, 6.45) is 4.20. The number of furan rings is 1. The number of carbonyl (C=O) groups is 1. The van der Waals surface area contributed by atoms with E-state index in [1.54, 1.807) is 24.5 Å². The Kier molecular flexibility index (Phi) is 4.04. The molecule has 78 valence electrons. The second-order valence-corrected chi connectivity index (χ2v) is 3.22. The molecule has 0 radical (unpaired) electrons. The molecule has 1 aromatic heterocycles. The molecule has 0 aromatic carbocycles. The SMILES string of the molecule is CCCNC(=O)N(C)Cc1ccoc1. The molecule has 1 N–H and O–H groups in total. The van der Waals surface area contributed by atoms with Gasteiger partial charge in [-0.25, -0.2) is 4.79 Å². The number of urea groups is 1. The van der Waals surface area contributed by atoms with Crippen molar-refractivity contribution in [2.24, 2.45) is 0 Å². The Morgan fingerprint density at radius 1 is 1.64 bits per heavy atom. The smallest absolute Gasteiger partial charge is 0.317 e. The predicted molar refractivity (Wildman–Crippen MR) is 53.9 cm³/mol. The highest BCUT2D eigenvalue weighted by molar-refractivity contribution is 5.73. The van der Waals surface area contributed by atoms with Gasteiger partial charge in [-0.05, 0) is 12.5 Å². The lowest BCUT2D eigenvalue weighted by atomic mass is 10.3. The van der Waals surface area contributed by atoms with E-state index in [2.05, 4.69) is 5.32 Å². The molecule has 0 aliphatic heterocycles. The highest BCUT2D eigenvalue weighted by Crippen LogP contribution is 2.03. The maximum Gasteiger partial charge on any atom is 0.317 e. The molecule has 14 heavy (non-hydrogen) atoms. The van der Waals surface area contributed by atoms with Gasteiger partial charge in [-0.2, -0.15) is 0 Å². The normalized spacial score (nSPS) is 9.86. The van der Waals surface area contributed by atoms with Gasteiger partial charge in [-0.1, -0.05) is 6.92 Å². The van der Waals surface area contributed by atoms with E-state index in [0.717, 1.165) is 12.0 Å². The summed E-state index contributed by atoms with van der Waals surface area (Å²) in [4.78, 5) is 13.0. The minimum Gasteiger partial charge on any atom is -0.472 e. The standard InChI is InChI=1S/C10H16N2O2/c1-3-5-11-10(13)12(2)7-9-4-6-14-8-9/h4,6,8H,3,5,7H2,1-2H3,(H,11,13). The van der Waals surface area contributed by atoms with E-state index in [9.17, 15) is 4.79 Å². The van der Waals surface area contributed by atoms with Crippen molar-refractivity contribution >= 4 is 6.03 Å². The zero-order chi connectivity index (χ0) is 10.4. The number of amides is 2. The number of hydrogen-bond acceptors (Lipinski definition) is 2. The van der Waals surface area contributed by atoms with Crippen LogP contribution in [-0.4, -0.2) is 24.5 Å². The Hall–Kier alpha value is -1.45. The fraction of sp³-hybridized carbons (Fsp3) is 0.500. The van der Waals surface area contributed by atoms with Gasteiger partial charge < -0.3 is 14.6 Å². The molecule has 0 aliphatic carbocycles. The van der Waals surface area contributed by atoms with Crippen molar-refractivity contribution in [1.82, 2.24) is 10.2 Å². The van der Waals surface area contributed by atoms with Gasteiger partial charge in [0, 0.05) is 19.2 Å². The maximum absolute atomic E-state index is 11.4. The van der Waals surface area contributed by atoms with Crippen LogP contribution in [0, 0.1) is 0 Å². The summed E-state index contributed by atoms with van der Waals surface area (Å²) >= 11 is 0. The van der Waals surface area contributed by atoms with E-state index in [0.29, 0.717) is 13.1 Å². The van der Waals surface area contributed by atoms with Crippen LogP contribution >= 0.6 is 0 Å². The third-order valence-electron chi connectivity index (χ3n) is 1.87. The van der Waals surface area contributed by atoms with Crippen molar-refractivity contribution in [3.8, 4) is 0 Å². The molecule has 2 amide bonds. The van der Waals surface area contributed by atoms with E-state index < -0.39 is 0 Å². The summed E-state index contributed by atoms with van der Waals surface area (Å²) in [5.41, 5.74) is 0.999. The van der Waals surface area contributed by atoms with E-state index in [1.807, 2.05) is 13.0 Å². The highest BCUT2D eigenvalue weighted by Gasteiger charge is 2.07. The summed E-state index contributed by atoms with van der Waals surface area (Å²) in [6.45, 7) is 3.32. The summed E-state index contributed by atoms with van der Waals surface area (Å²) in [5, 5.41) is 2.80. The zero-order valence-corrected chi connectivity index (χ0v) is 8.62. The highest BCUT2D eigenvalue weighted by atomic mass is 16.3. The molecule has 0 aliphatic rings. The van der Waals surface area contributed by atoms with Crippen LogP contribution in [0.4, 0.5) is 4.79 Å². The molecule has 1 heterocycles. The Bertz CT molecular complexity index is 270. The van der Waals surface area contributed by atoms with Gasteiger partial charge in [0.2, 0.25) is 0 Å². The average molecular weight is 196 g/mol. The van der Waals surface area contributed by atoms with E-state index in [-0.39, 0.29) is 6.03 Å². The molecule has 0 unspecified atom stereocenters. The van der Waals surface area contributed by atoms with Crippen molar-refractivity contribution in [3.63, 3.8) is 0 Å². The Balaban J connectivity index is 2.34. The monoisotopic (exact) mass is 196 g/mol. The molecule has 0 bridgehead atoms. The summed E-state index contributed by atoms with van der Waals surface area (Å²) in [5.74, 6) is 0. The van der Waals surface area contributed by atoms with Crippen LogP contribution in [0.5, 0.6) is 0 Å². The minimum atomic E-state index is -0.0481. The van der Waals surface area contributed by atoms with Gasteiger partial charge in [0.1, 0.15) is 0 Å². The van der Waals surface area contributed by atoms with Crippen molar-refractivity contribution in [1.29, 1.82) is 0 Å². The third kappa shape index (κ3) is 3.12. The van der Waals surface area contributed by atoms with Crippen molar-refractivity contribution in [2.75, 3.05) is 13.6 Å². The fourth-order valence-corrected chi connectivity index (χ4v) is 1.10. The van der Waals surface area contributed by atoms with Crippen LogP contribution in [0.2, 0.25) is 0 Å². The van der Waals surface area contributed by atoms with Gasteiger partial charge in [-0.15, -0.1) is 0 Å².